The number of nitrogen functional groups attached to an aromatic ring is 1. The number of hydroxylamine groups is 2. The molecule has 1 fully saturated rings. The van der Waals surface area contributed by atoms with Crippen molar-refractivity contribution in [3.8, 4) is 22.5 Å². The van der Waals surface area contributed by atoms with Gasteiger partial charge in [0, 0.05) is 60.2 Å². The number of amides is 2. The SMILES string of the molecule is C.N=c1ccc2c(-c3ccccc3C(=O)[O-])c3ccc(N)c(S(=O)(=O)N(CCCCCC(=O)ON4C(=O)CCC4=O)CCCS(=O)(=O)[O-])c3oc-2c1S(=O)(=O)[O-]. The molecule has 1 aliphatic carbocycles. The summed E-state index contributed by atoms with van der Waals surface area (Å²) in [6, 6.07) is 9.85. The average molecular weight is 836 g/mol. The summed E-state index contributed by atoms with van der Waals surface area (Å²) in [5.41, 5.74) is 4.28. The Morgan fingerprint density at radius 1 is 0.857 bits per heavy atom. The van der Waals surface area contributed by atoms with Gasteiger partial charge in [-0.05, 0) is 49.1 Å². The predicted octanol–water partition coefficient (Wildman–Crippen LogP) is 1.26. The Labute approximate surface area is 321 Å². The highest BCUT2D eigenvalue weighted by molar-refractivity contribution is 7.89. The molecule has 2 aliphatic heterocycles. The molecule has 0 atom stereocenters. The van der Waals surface area contributed by atoms with Crippen molar-refractivity contribution in [2.24, 2.45) is 0 Å². The van der Waals surface area contributed by atoms with Crippen LogP contribution in [0.1, 0.15) is 62.7 Å². The summed E-state index contributed by atoms with van der Waals surface area (Å²) in [6.07, 6.45) is -0.679. The van der Waals surface area contributed by atoms with Crippen LogP contribution in [0, 0.1) is 5.41 Å². The molecule has 22 heteroatoms. The molecule has 2 aromatic rings. The van der Waals surface area contributed by atoms with E-state index < -0.39 is 110 Å². The zero-order valence-corrected chi connectivity index (χ0v) is 31.0. The van der Waals surface area contributed by atoms with Crippen LogP contribution in [0.3, 0.4) is 0 Å². The topological polar surface area (TPSA) is 319 Å². The van der Waals surface area contributed by atoms with Crippen LogP contribution < -0.4 is 16.2 Å². The van der Waals surface area contributed by atoms with Gasteiger partial charge in [-0.1, -0.05) is 38.1 Å². The molecule has 0 saturated carbocycles. The van der Waals surface area contributed by atoms with Gasteiger partial charge in [-0.15, -0.1) is 5.06 Å². The fraction of sp³-hybridized carbons (Fsp3) is 0.324. The van der Waals surface area contributed by atoms with E-state index in [1.807, 2.05) is 0 Å². The molecule has 0 unspecified atom stereocenters. The molecule has 1 saturated heterocycles. The van der Waals surface area contributed by atoms with Crippen molar-refractivity contribution in [2.45, 2.75) is 62.2 Å². The lowest BCUT2D eigenvalue weighted by atomic mass is 9.90. The molecule has 0 radical (unpaired) electrons. The number of sulfonamides is 1. The molecule has 3 N–H and O–H groups in total. The number of hydrogen-bond acceptors (Lipinski definition) is 17. The van der Waals surface area contributed by atoms with Crippen LogP contribution in [0.25, 0.3) is 33.4 Å². The van der Waals surface area contributed by atoms with Gasteiger partial charge in [0.15, 0.2) is 11.3 Å². The lowest BCUT2D eigenvalue weighted by molar-refractivity contribution is -0.255. The number of hydrogen-bond donors (Lipinski definition) is 2. The lowest BCUT2D eigenvalue weighted by Gasteiger charge is -2.26. The van der Waals surface area contributed by atoms with Crippen molar-refractivity contribution in [3.63, 3.8) is 0 Å². The van der Waals surface area contributed by atoms with Gasteiger partial charge >= 0.3 is 5.97 Å². The molecule has 302 valence electrons. The van der Waals surface area contributed by atoms with E-state index in [4.69, 9.17) is 20.4 Å². The van der Waals surface area contributed by atoms with Crippen molar-refractivity contribution in [3.05, 3.63) is 59.5 Å². The number of carboxylic acids is 1. The second kappa shape index (κ2) is 16.9. The van der Waals surface area contributed by atoms with E-state index in [0.717, 1.165) is 16.4 Å². The van der Waals surface area contributed by atoms with Gasteiger partial charge in [0.1, 0.15) is 19.9 Å². The summed E-state index contributed by atoms with van der Waals surface area (Å²) in [7, 11) is -15.2. The van der Waals surface area contributed by atoms with Gasteiger partial charge in [-0.2, -0.15) is 4.31 Å². The largest absolute Gasteiger partial charge is 0.748 e. The zero-order valence-electron chi connectivity index (χ0n) is 28.5. The number of carboxylic acid groups (broad SMARTS) is 1. The first kappa shape index (κ1) is 43.5. The number of unbranched alkanes of at least 4 members (excludes halogenated alkanes) is 2. The third kappa shape index (κ3) is 9.22. The van der Waals surface area contributed by atoms with Crippen molar-refractivity contribution in [1.82, 2.24) is 9.37 Å². The van der Waals surface area contributed by atoms with Crippen LogP contribution in [0.2, 0.25) is 0 Å². The van der Waals surface area contributed by atoms with E-state index in [0.29, 0.717) is 5.06 Å². The maximum atomic E-state index is 14.6. The van der Waals surface area contributed by atoms with Crippen molar-refractivity contribution >= 4 is 70.7 Å². The van der Waals surface area contributed by atoms with Gasteiger partial charge < -0.3 is 34.0 Å². The summed E-state index contributed by atoms with van der Waals surface area (Å²) < 4.78 is 107. The number of anilines is 1. The van der Waals surface area contributed by atoms with Crippen LogP contribution in [0.5, 0.6) is 0 Å². The Morgan fingerprint density at radius 2 is 1.50 bits per heavy atom. The molecule has 56 heavy (non-hydrogen) atoms. The van der Waals surface area contributed by atoms with Crippen LogP contribution in [0.15, 0.2) is 62.7 Å². The summed E-state index contributed by atoms with van der Waals surface area (Å²) in [5.74, 6) is -5.65. The smallest absolute Gasteiger partial charge is 0.333 e. The lowest BCUT2D eigenvalue weighted by Crippen LogP contribution is -2.34. The number of carbonyl (C=O) groups excluding carboxylic acids is 4. The number of fused-ring (bicyclic) bond motifs is 2. The minimum absolute atomic E-state index is 0. The van der Waals surface area contributed by atoms with Gasteiger partial charge in [0.2, 0.25) is 10.0 Å². The summed E-state index contributed by atoms with van der Waals surface area (Å²) in [6.45, 7) is -0.925. The first-order chi connectivity index (χ1) is 25.7. The quantitative estimate of drug-likeness (QED) is 0.0527. The molecule has 2 heterocycles. The standard InChI is InChI=1S/C33H34N4O15S3.CH4/c34-23-12-10-21-28(19-7-3-4-8-20(19)33(41)42)22-11-13-24(35)32(55(48,49)50)30(22)51-29(21)31(23)54(46,47)36(17-6-18-53(43,44)45)16-5-1-2-9-27(40)52-37-25(38)14-15-26(37)39;/h3-4,7-8,10-13,35H,1-2,5-6,9,14-18,34H2,(H,41,42)(H,43,44,45)(H,48,49,50);1H4/p-3. The summed E-state index contributed by atoms with van der Waals surface area (Å²) in [4.78, 5) is 50.7. The van der Waals surface area contributed by atoms with E-state index in [2.05, 4.69) is 0 Å². The highest BCUT2D eigenvalue weighted by atomic mass is 32.2. The Balaban J connectivity index is 0.00000696. The molecule has 3 aliphatic rings. The maximum Gasteiger partial charge on any atom is 0.333 e. The van der Waals surface area contributed by atoms with Crippen molar-refractivity contribution < 1.29 is 67.9 Å². The number of carbonyl (C=O) groups is 4. The normalized spacial score (nSPS) is 13.7. The predicted molar refractivity (Wildman–Crippen MR) is 191 cm³/mol. The van der Waals surface area contributed by atoms with Crippen LogP contribution in [-0.4, -0.2) is 86.3 Å². The monoisotopic (exact) mass is 835 g/mol. The Bertz CT molecular complexity index is 2570. The molecular weight excluding hydrogens is 801 g/mol. The molecule has 0 aromatic heterocycles. The molecule has 2 aromatic carbocycles. The van der Waals surface area contributed by atoms with Gasteiger partial charge in [-0.25, -0.2) is 30.0 Å². The van der Waals surface area contributed by atoms with E-state index in [1.54, 1.807) is 0 Å². The van der Waals surface area contributed by atoms with Gasteiger partial charge in [0.05, 0.1) is 27.1 Å². The van der Waals surface area contributed by atoms with Gasteiger partial charge in [-0.3, -0.25) is 15.0 Å². The summed E-state index contributed by atoms with van der Waals surface area (Å²) >= 11 is 0. The minimum atomic E-state index is -5.50. The van der Waals surface area contributed by atoms with E-state index in [9.17, 15) is 58.6 Å². The highest BCUT2D eigenvalue weighted by Crippen LogP contribution is 2.46. The first-order valence-electron chi connectivity index (χ1n) is 16.4. The Kier molecular flexibility index (Phi) is 13.1. The van der Waals surface area contributed by atoms with E-state index in [-0.39, 0.29) is 74.6 Å². The minimum Gasteiger partial charge on any atom is -0.748 e. The number of rotatable bonds is 16. The Hall–Kier alpha value is -5.26. The van der Waals surface area contributed by atoms with Crippen molar-refractivity contribution in [1.29, 1.82) is 5.41 Å². The molecule has 0 spiro atoms. The summed E-state index contributed by atoms with van der Waals surface area (Å²) in [5, 5.41) is 19.9. The number of nitrogens with zero attached hydrogens (tertiary/aromatic N) is 2. The molecule has 0 bridgehead atoms. The van der Waals surface area contributed by atoms with Crippen LogP contribution >= 0.6 is 0 Å². The Morgan fingerprint density at radius 3 is 2.12 bits per heavy atom. The highest BCUT2D eigenvalue weighted by Gasteiger charge is 2.34. The average Bonchev–Trinajstić information content (AvgIpc) is 3.40. The number of nitrogens with one attached hydrogen (secondary N) is 1. The van der Waals surface area contributed by atoms with E-state index in [1.165, 1.54) is 36.4 Å². The van der Waals surface area contributed by atoms with Crippen LogP contribution in [-0.2, 0) is 49.5 Å². The van der Waals surface area contributed by atoms with Crippen LogP contribution in [0.4, 0.5) is 5.69 Å². The third-order valence-corrected chi connectivity index (χ3v) is 12.2. The number of aromatic carboxylic acids is 1. The number of nitrogens with two attached hydrogens (primary N) is 1. The first-order valence-corrected chi connectivity index (χ1v) is 20.8. The fourth-order valence-corrected chi connectivity index (χ4v) is 9.05. The number of imide groups is 1. The van der Waals surface area contributed by atoms with Gasteiger partial charge in [0.25, 0.3) is 11.8 Å². The van der Waals surface area contributed by atoms with Crippen molar-refractivity contribution in [2.75, 3.05) is 24.6 Å². The fourth-order valence-electron chi connectivity index (χ4n) is 6.11. The second-order valence-corrected chi connectivity index (χ2v) is 17.0. The zero-order chi connectivity index (χ0) is 40.5. The second-order valence-electron chi connectivity index (χ2n) is 12.3. The molecule has 2 amide bonds. The number of benzene rings is 3. The third-order valence-electron chi connectivity index (χ3n) is 8.55. The molecular formula is C34H35N4O15S3-3. The maximum absolute atomic E-state index is 14.6. The molecule has 19 nitrogen and oxygen atoms in total. The van der Waals surface area contributed by atoms with E-state index >= 15 is 0 Å². The molecule has 5 rings (SSSR count).